The van der Waals surface area contributed by atoms with Gasteiger partial charge in [-0.15, -0.1) is 0 Å². The van der Waals surface area contributed by atoms with Gasteiger partial charge in [-0.1, -0.05) is 31.9 Å². The highest BCUT2D eigenvalue weighted by molar-refractivity contribution is 5.98. The number of amides is 1. The molecule has 20 heavy (non-hydrogen) atoms. The SMILES string of the molecule is COCc1cccc(NC(=O)C2(N)CCCC(C)C2)c1. The van der Waals surface area contributed by atoms with Crippen LogP contribution in [0, 0.1) is 5.92 Å². The second-order valence-electron chi connectivity index (χ2n) is 5.95. The van der Waals surface area contributed by atoms with Gasteiger partial charge in [-0.3, -0.25) is 4.79 Å². The highest BCUT2D eigenvalue weighted by Gasteiger charge is 2.37. The van der Waals surface area contributed by atoms with Gasteiger partial charge in [0.25, 0.3) is 0 Å². The summed E-state index contributed by atoms with van der Waals surface area (Å²) in [4.78, 5) is 12.4. The molecule has 0 aromatic heterocycles. The topological polar surface area (TPSA) is 64.3 Å². The van der Waals surface area contributed by atoms with Crippen molar-refractivity contribution >= 4 is 11.6 Å². The van der Waals surface area contributed by atoms with Gasteiger partial charge in [0.2, 0.25) is 5.91 Å². The van der Waals surface area contributed by atoms with E-state index in [0.717, 1.165) is 36.9 Å². The van der Waals surface area contributed by atoms with Crippen molar-refractivity contribution in [2.75, 3.05) is 12.4 Å². The molecule has 1 fully saturated rings. The Balaban J connectivity index is 2.05. The Morgan fingerprint density at radius 2 is 2.35 bits per heavy atom. The lowest BCUT2D eigenvalue weighted by Gasteiger charge is -2.35. The monoisotopic (exact) mass is 276 g/mol. The molecule has 2 unspecified atom stereocenters. The quantitative estimate of drug-likeness (QED) is 0.888. The Bertz CT molecular complexity index is 475. The molecule has 0 heterocycles. The molecule has 1 saturated carbocycles. The number of nitrogens with one attached hydrogen (secondary N) is 1. The fourth-order valence-corrected chi connectivity index (χ4v) is 2.96. The average molecular weight is 276 g/mol. The van der Waals surface area contributed by atoms with Crippen LogP contribution < -0.4 is 11.1 Å². The molecule has 4 nitrogen and oxygen atoms in total. The van der Waals surface area contributed by atoms with E-state index in [0.29, 0.717) is 12.5 Å². The first kappa shape index (κ1) is 15.0. The van der Waals surface area contributed by atoms with Crippen molar-refractivity contribution < 1.29 is 9.53 Å². The molecule has 0 spiro atoms. The molecule has 2 rings (SSSR count). The largest absolute Gasteiger partial charge is 0.380 e. The zero-order chi connectivity index (χ0) is 14.6. The molecule has 4 heteroatoms. The van der Waals surface area contributed by atoms with Crippen molar-refractivity contribution in [1.82, 2.24) is 0 Å². The second kappa shape index (κ2) is 6.37. The maximum atomic E-state index is 12.4. The molecule has 0 saturated heterocycles. The maximum absolute atomic E-state index is 12.4. The van der Waals surface area contributed by atoms with Crippen molar-refractivity contribution in [3.05, 3.63) is 29.8 Å². The normalized spacial score (nSPS) is 26.2. The zero-order valence-corrected chi connectivity index (χ0v) is 12.3. The van der Waals surface area contributed by atoms with Crippen molar-refractivity contribution in [3.63, 3.8) is 0 Å². The highest BCUT2D eigenvalue weighted by Crippen LogP contribution is 2.31. The number of nitrogens with two attached hydrogens (primary N) is 1. The van der Waals surface area contributed by atoms with Crippen LogP contribution in [0.25, 0.3) is 0 Å². The summed E-state index contributed by atoms with van der Waals surface area (Å²) in [6.07, 6.45) is 3.71. The Morgan fingerprint density at radius 3 is 3.05 bits per heavy atom. The van der Waals surface area contributed by atoms with Crippen LogP contribution in [-0.2, 0) is 16.1 Å². The summed E-state index contributed by atoms with van der Waals surface area (Å²) in [6.45, 7) is 2.70. The zero-order valence-electron chi connectivity index (χ0n) is 12.3. The molecule has 110 valence electrons. The summed E-state index contributed by atoms with van der Waals surface area (Å²) in [7, 11) is 1.66. The molecular weight excluding hydrogens is 252 g/mol. The first-order valence-corrected chi connectivity index (χ1v) is 7.22. The number of hydrogen-bond donors (Lipinski definition) is 2. The molecule has 3 N–H and O–H groups in total. The van der Waals surface area contributed by atoms with Crippen LogP contribution in [0.15, 0.2) is 24.3 Å². The summed E-state index contributed by atoms with van der Waals surface area (Å²) in [5.74, 6) is 0.443. The third-order valence-electron chi connectivity index (χ3n) is 3.98. The third kappa shape index (κ3) is 3.58. The number of methoxy groups -OCH3 is 1. The minimum atomic E-state index is -0.727. The number of anilines is 1. The number of carbonyl (C=O) groups excluding carboxylic acids is 1. The van der Waals surface area contributed by atoms with Crippen LogP contribution >= 0.6 is 0 Å². The Hall–Kier alpha value is -1.39. The van der Waals surface area contributed by atoms with E-state index in [-0.39, 0.29) is 5.91 Å². The molecular formula is C16H24N2O2. The van der Waals surface area contributed by atoms with Gasteiger partial charge < -0.3 is 15.8 Å². The van der Waals surface area contributed by atoms with Crippen LogP contribution in [0.4, 0.5) is 5.69 Å². The standard InChI is InChI=1S/C16H24N2O2/c1-12-5-4-8-16(17,10-12)15(19)18-14-7-3-6-13(9-14)11-20-2/h3,6-7,9,12H,4-5,8,10-11,17H2,1-2H3,(H,18,19). The lowest BCUT2D eigenvalue weighted by atomic mass is 9.76. The highest BCUT2D eigenvalue weighted by atomic mass is 16.5. The van der Waals surface area contributed by atoms with Gasteiger partial charge in [0.15, 0.2) is 0 Å². The van der Waals surface area contributed by atoms with Crippen LogP contribution in [0.5, 0.6) is 0 Å². The Morgan fingerprint density at radius 1 is 1.55 bits per heavy atom. The van der Waals surface area contributed by atoms with Gasteiger partial charge in [0.1, 0.15) is 0 Å². The van der Waals surface area contributed by atoms with E-state index in [1.807, 2.05) is 24.3 Å². The van der Waals surface area contributed by atoms with Gasteiger partial charge >= 0.3 is 0 Å². The first-order chi connectivity index (χ1) is 9.53. The lowest BCUT2D eigenvalue weighted by Crippen LogP contribution is -2.53. The van der Waals surface area contributed by atoms with E-state index >= 15 is 0 Å². The minimum absolute atomic E-state index is 0.0707. The smallest absolute Gasteiger partial charge is 0.244 e. The fourth-order valence-electron chi connectivity index (χ4n) is 2.96. The lowest BCUT2D eigenvalue weighted by molar-refractivity contribution is -0.122. The maximum Gasteiger partial charge on any atom is 0.244 e. The van der Waals surface area contributed by atoms with Crippen LogP contribution in [0.3, 0.4) is 0 Å². The second-order valence-corrected chi connectivity index (χ2v) is 5.95. The summed E-state index contributed by atoms with van der Waals surface area (Å²) in [5.41, 5.74) is 7.39. The van der Waals surface area contributed by atoms with E-state index in [1.165, 1.54) is 0 Å². The van der Waals surface area contributed by atoms with Crippen molar-refractivity contribution in [3.8, 4) is 0 Å². The number of carbonyl (C=O) groups is 1. The molecule has 0 radical (unpaired) electrons. The molecule has 2 atom stereocenters. The fraction of sp³-hybridized carbons (Fsp3) is 0.562. The predicted octanol–water partition coefficient (Wildman–Crippen LogP) is 2.68. The van der Waals surface area contributed by atoms with Gasteiger partial charge in [0, 0.05) is 12.8 Å². The first-order valence-electron chi connectivity index (χ1n) is 7.22. The molecule has 1 amide bonds. The number of benzene rings is 1. The van der Waals surface area contributed by atoms with Crippen molar-refractivity contribution in [2.24, 2.45) is 11.7 Å². The Kier molecular flexibility index (Phi) is 4.78. The van der Waals surface area contributed by atoms with Crippen molar-refractivity contribution in [2.45, 2.75) is 44.8 Å². The molecule has 1 aromatic carbocycles. The molecule has 0 bridgehead atoms. The predicted molar refractivity (Wildman–Crippen MR) is 80.3 cm³/mol. The molecule has 1 aliphatic carbocycles. The molecule has 1 aromatic rings. The van der Waals surface area contributed by atoms with Gasteiger partial charge in [-0.25, -0.2) is 0 Å². The van der Waals surface area contributed by atoms with Gasteiger partial charge in [-0.2, -0.15) is 0 Å². The van der Waals surface area contributed by atoms with E-state index in [1.54, 1.807) is 7.11 Å². The summed E-state index contributed by atoms with van der Waals surface area (Å²) < 4.78 is 5.10. The van der Waals surface area contributed by atoms with E-state index in [2.05, 4.69) is 12.2 Å². The van der Waals surface area contributed by atoms with Gasteiger partial charge in [0.05, 0.1) is 12.1 Å². The number of rotatable bonds is 4. The molecule has 1 aliphatic rings. The number of hydrogen-bond acceptors (Lipinski definition) is 3. The van der Waals surface area contributed by atoms with Crippen LogP contribution in [0.1, 0.15) is 38.2 Å². The van der Waals surface area contributed by atoms with Crippen LogP contribution in [0.2, 0.25) is 0 Å². The van der Waals surface area contributed by atoms with Gasteiger partial charge in [-0.05, 0) is 36.5 Å². The van der Waals surface area contributed by atoms with Crippen LogP contribution in [-0.4, -0.2) is 18.6 Å². The van der Waals surface area contributed by atoms with E-state index < -0.39 is 5.54 Å². The summed E-state index contributed by atoms with van der Waals surface area (Å²) >= 11 is 0. The van der Waals surface area contributed by atoms with E-state index in [4.69, 9.17) is 10.5 Å². The summed E-state index contributed by atoms with van der Waals surface area (Å²) in [6, 6.07) is 7.69. The average Bonchev–Trinajstić information content (AvgIpc) is 2.39. The summed E-state index contributed by atoms with van der Waals surface area (Å²) in [5, 5.41) is 2.95. The van der Waals surface area contributed by atoms with E-state index in [9.17, 15) is 4.79 Å². The third-order valence-corrected chi connectivity index (χ3v) is 3.98. The molecule has 0 aliphatic heterocycles. The van der Waals surface area contributed by atoms with Crippen molar-refractivity contribution in [1.29, 1.82) is 0 Å². The Labute approximate surface area is 120 Å². The minimum Gasteiger partial charge on any atom is -0.380 e. The number of ether oxygens (including phenoxy) is 1.